The van der Waals surface area contributed by atoms with Crippen molar-refractivity contribution in [2.45, 2.75) is 69.5 Å². The summed E-state index contributed by atoms with van der Waals surface area (Å²) in [6.07, 6.45) is 20.6. The van der Waals surface area contributed by atoms with Crippen LogP contribution in [-0.2, 0) is 0 Å². The molecule has 0 unspecified atom stereocenters. The van der Waals surface area contributed by atoms with E-state index in [1.807, 2.05) is 56.7 Å². The van der Waals surface area contributed by atoms with Gasteiger partial charge in [0, 0.05) is 90.9 Å². The fourth-order valence-corrected chi connectivity index (χ4v) is 19.4. The van der Waals surface area contributed by atoms with Crippen LogP contribution < -0.4 is 0 Å². The van der Waals surface area contributed by atoms with Gasteiger partial charge in [-0.25, -0.2) is 0 Å². The molecule has 0 amide bonds. The predicted octanol–water partition coefficient (Wildman–Crippen LogP) is 26.6. The number of nitrogens with zero attached hydrogens (tertiary/aromatic N) is 1. The largest absolute Gasteiger partial charge is 0.143 e. The number of unbranched alkanes of at least 4 members (excludes halogenated alkanes) is 6. The van der Waals surface area contributed by atoms with Crippen LogP contribution >= 0.6 is 204 Å². The summed E-state index contributed by atoms with van der Waals surface area (Å²) in [4.78, 5) is 22.7. The number of halogens is 5. The number of alkyl halides is 3. The standard InChI is InChI=1S/C38H32S5.C12H6Br2S3.C12H8S3.CHCl3.BHNS/c1-5-9-11-13-15-17-29-27(7-3)25-37(39-29)35-23-21-33(42-35)31-19-20-32(41-31)34-22-24-36(43-34)38-26-28(8-4)30(40-38)18-16-14-12-10-6-2;13-11-5-3-9(16-11)7-1-2-8(15-7)10-4-6-12(14)17-10;1-3-9(13-7-1)11-5-6-12(15-11)10-4-2-8-14-10;2-1(3)4;1-2-3/h3-4,19-26H,5-6,9-14H2,1-2H3;1-6H;1-8H;1H;3H. The summed E-state index contributed by atoms with van der Waals surface area (Å²) in [5, 5.41) is 4.25. The molecule has 11 rings (SSSR count). The summed E-state index contributed by atoms with van der Waals surface area (Å²) in [6.45, 7) is 4.42. The molecule has 0 fully saturated rings. The van der Waals surface area contributed by atoms with Gasteiger partial charge in [0.1, 0.15) is 0 Å². The van der Waals surface area contributed by atoms with Gasteiger partial charge in [0.05, 0.1) is 28.5 Å². The molecule has 0 atom stereocenters. The zero-order valence-electron chi connectivity index (χ0n) is 43.9. The molecule has 0 saturated carbocycles. The molecule has 19 heteroatoms. The van der Waals surface area contributed by atoms with Crippen molar-refractivity contribution < 1.29 is 0 Å². The van der Waals surface area contributed by atoms with Crippen LogP contribution in [0.25, 0.3) is 78.0 Å². The number of rotatable bonds is 14. The Balaban J connectivity index is 0.000000200. The Morgan fingerprint density at radius 2 is 0.732 bits per heavy atom. The maximum atomic E-state index is 5.82. The van der Waals surface area contributed by atoms with Gasteiger partial charge < -0.3 is 0 Å². The predicted molar refractivity (Wildman–Crippen MR) is 391 cm³/mol. The van der Waals surface area contributed by atoms with Crippen molar-refractivity contribution in [3.63, 3.8) is 0 Å². The molecular weight excluding hydrogens is 1430 g/mol. The summed E-state index contributed by atoms with van der Waals surface area (Å²) in [5.41, 5.74) is 1.80. The molecule has 0 aromatic carbocycles. The molecule has 11 aromatic rings. The van der Waals surface area contributed by atoms with Crippen LogP contribution in [0, 0.1) is 48.4 Å². The normalized spacial score (nSPS) is 10.3. The number of hydrogen-bond acceptors (Lipinski definition) is 13. The smallest absolute Gasteiger partial charge is 0.0449 e. The minimum Gasteiger partial charge on any atom is -0.143 e. The van der Waals surface area contributed by atoms with Crippen LogP contribution in [0.2, 0.25) is 0 Å². The second kappa shape index (κ2) is 35.6. The molecule has 0 saturated heterocycles. The Kier molecular flexibility index (Phi) is 28.9. The second-order valence-corrected chi connectivity index (χ2v) is 33.4. The van der Waals surface area contributed by atoms with Crippen molar-refractivity contribution in [3.8, 4) is 126 Å². The minimum absolute atomic E-state index is 0.750. The molecule has 0 aliphatic heterocycles. The van der Waals surface area contributed by atoms with Crippen molar-refractivity contribution in [3.05, 3.63) is 161 Å². The molecule has 0 aliphatic rings. The molecule has 0 bridgehead atoms. The topological polar surface area (TPSA) is 12.4 Å². The van der Waals surface area contributed by atoms with Crippen LogP contribution in [0.15, 0.2) is 144 Å². The average Bonchev–Trinajstić information content (AvgIpc) is 4.51. The summed E-state index contributed by atoms with van der Waals surface area (Å²) in [7, 11) is 4.34. The number of thiophene rings is 11. The monoisotopic (exact) mass is 1480 g/mol. The Labute approximate surface area is 565 Å². The second-order valence-electron chi connectivity index (χ2n) is 16.9. The summed E-state index contributed by atoms with van der Waals surface area (Å²) < 4.78 is 4.31. The molecule has 415 valence electrons. The van der Waals surface area contributed by atoms with E-state index in [1.54, 1.807) is 68.0 Å². The third-order valence-electron chi connectivity index (χ3n) is 11.2. The Hall–Kier alpha value is -3.02. The zero-order chi connectivity index (χ0) is 58.2. The zero-order valence-corrected chi connectivity index (χ0v) is 59.3. The van der Waals surface area contributed by atoms with E-state index < -0.39 is 4.30 Å². The SMILES string of the molecule is Brc1ccc(-c2ccc(-c3ccc(Br)s3)s2)s1.C#Cc1cc(-c2ccc(-c3ccc(-c4ccc(-c5cc(C#C)c(C#CCCCCC)s5)s4)s3)s2)sc1C#CCCCCC.ClC(Cl)Cl.[B]=NS.c1csc(-c2ccc(-c3cccs3)s2)c1. The van der Waals surface area contributed by atoms with Crippen molar-refractivity contribution in [1.82, 2.24) is 0 Å². The Bertz CT molecular complexity index is 3680. The first-order valence-corrected chi connectivity index (χ1v) is 37.6. The maximum absolute atomic E-state index is 5.82. The van der Waals surface area contributed by atoms with Crippen molar-refractivity contribution in [1.29, 1.82) is 0 Å². The molecule has 0 aliphatic carbocycles. The van der Waals surface area contributed by atoms with Gasteiger partial charge in [0.15, 0.2) is 4.30 Å². The van der Waals surface area contributed by atoms with Gasteiger partial charge in [-0.1, -0.05) is 122 Å². The van der Waals surface area contributed by atoms with Gasteiger partial charge in [-0.15, -0.1) is 138 Å². The van der Waals surface area contributed by atoms with Crippen LogP contribution in [0.5, 0.6) is 0 Å². The summed E-state index contributed by atoms with van der Waals surface area (Å²) >= 11 is 44.3. The molecule has 1 nitrogen and oxygen atoms in total. The van der Waals surface area contributed by atoms with Crippen LogP contribution in [-0.4, -0.2) is 11.9 Å². The molecule has 11 heterocycles. The number of hydrogen-bond donors (Lipinski definition) is 1. The third kappa shape index (κ3) is 20.3. The number of terminal acetylenes is 2. The van der Waals surface area contributed by atoms with E-state index >= 15 is 0 Å². The van der Waals surface area contributed by atoms with E-state index in [4.69, 9.17) is 47.6 Å². The van der Waals surface area contributed by atoms with Gasteiger partial charge >= 0.3 is 24.8 Å². The molecule has 0 spiro atoms. The average molecular weight is 1480 g/mol. The molecule has 82 heavy (non-hydrogen) atoms. The van der Waals surface area contributed by atoms with Gasteiger partial charge in [0.25, 0.3) is 0 Å². The first kappa shape index (κ1) is 66.5. The van der Waals surface area contributed by atoms with Crippen molar-refractivity contribution in [2.75, 3.05) is 0 Å². The molecular formula is C63H48BBr2Cl3NS12. The van der Waals surface area contributed by atoms with Crippen LogP contribution in [0.4, 0.5) is 0 Å². The van der Waals surface area contributed by atoms with Gasteiger partial charge in [0.2, 0.25) is 0 Å². The molecule has 1 radical (unpaired) electrons. The summed E-state index contributed by atoms with van der Waals surface area (Å²) in [5.74, 6) is 19.0. The van der Waals surface area contributed by atoms with Crippen molar-refractivity contribution >= 4 is 212 Å². The maximum Gasteiger partial charge on any atom is 0.0449 e. The van der Waals surface area contributed by atoms with Gasteiger partial charge in [-0.05, 0) is 165 Å². The summed E-state index contributed by atoms with van der Waals surface area (Å²) in [6, 6.07) is 43.5. The molecule has 11 aromatic heterocycles. The van der Waals surface area contributed by atoms with Crippen molar-refractivity contribution in [2.24, 2.45) is 4.30 Å². The molecule has 0 N–H and O–H groups in total. The quantitative estimate of drug-likeness (QED) is 0.0366. The van der Waals surface area contributed by atoms with E-state index in [0.29, 0.717) is 0 Å². The minimum atomic E-state index is -0.750. The van der Waals surface area contributed by atoms with Crippen LogP contribution in [0.1, 0.15) is 86.1 Å². The van der Waals surface area contributed by atoms with E-state index in [1.165, 1.54) is 111 Å². The first-order valence-electron chi connectivity index (χ1n) is 25.2. The number of thiol groups is 1. The Morgan fingerprint density at radius 1 is 0.451 bits per heavy atom. The van der Waals surface area contributed by atoms with E-state index in [2.05, 4.69) is 238 Å². The van der Waals surface area contributed by atoms with Gasteiger partial charge in [-0.2, -0.15) is 0 Å². The fourth-order valence-electron chi connectivity index (χ4n) is 7.38. The van der Waals surface area contributed by atoms with E-state index in [-0.39, 0.29) is 0 Å². The fraction of sp³-hybridized carbons (Fsp3) is 0.175. The first-order chi connectivity index (χ1) is 39.9. The van der Waals surface area contributed by atoms with Gasteiger partial charge in [-0.3, -0.25) is 0 Å². The van der Waals surface area contributed by atoms with E-state index in [9.17, 15) is 0 Å². The van der Waals surface area contributed by atoms with E-state index in [0.717, 1.165) is 46.6 Å². The van der Waals surface area contributed by atoms with Crippen LogP contribution in [0.3, 0.4) is 0 Å². The third-order valence-corrected chi connectivity index (χ3v) is 25.2. The Morgan fingerprint density at radius 3 is 0.988 bits per heavy atom.